The Morgan fingerprint density at radius 3 is 2.47 bits per heavy atom. The normalized spacial score (nSPS) is 45.2. The Kier molecular flexibility index (Phi) is 2.06. The number of amides is 1. The van der Waals surface area contributed by atoms with Crippen LogP contribution in [0.4, 0.5) is 0 Å². The van der Waals surface area contributed by atoms with Crippen LogP contribution in [0.3, 0.4) is 0 Å². The van der Waals surface area contributed by atoms with E-state index in [4.69, 9.17) is 4.74 Å². The molecule has 15 heavy (non-hydrogen) atoms. The smallest absolute Gasteiger partial charge is 0.220 e. The number of hydrogen-bond donors (Lipinski definition) is 1. The number of carbonyl (C=O) groups excluding carboxylic acids is 1. The zero-order chi connectivity index (χ0) is 10.4. The third kappa shape index (κ3) is 1.57. The number of nitrogens with one attached hydrogen (secondary N) is 1. The van der Waals surface area contributed by atoms with Crippen LogP contribution in [0.2, 0.25) is 0 Å². The highest BCUT2D eigenvalue weighted by Gasteiger charge is 2.47. The molecule has 0 unspecified atom stereocenters. The molecule has 3 aliphatic rings. The van der Waals surface area contributed by atoms with E-state index in [1.165, 1.54) is 38.5 Å². The Hall–Kier alpha value is -0.570. The molecule has 2 saturated heterocycles. The molecule has 3 rings (SSSR count). The van der Waals surface area contributed by atoms with Gasteiger partial charge in [-0.2, -0.15) is 0 Å². The minimum Gasteiger partial charge on any atom is -0.375 e. The number of ether oxygens (including phenoxy) is 1. The molecule has 0 bridgehead atoms. The maximum absolute atomic E-state index is 11.3. The summed E-state index contributed by atoms with van der Waals surface area (Å²) in [6.07, 6.45) is 7.90. The summed E-state index contributed by atoms with van der Waals surface area (Å²) in [4.78, 5) is 11.3. The number of hydrogen-bond acceptors (Lipinski definition) is 2. The van der Waals surface area contributed by atoms with Gasteiger partial charge in [-0.15, -0.1) is 0 Å². The molecule has 3 nitrogen and oxygen atoms in total. The lowest BCUT2D eigenvalue weighted by Crippen LogP contribution is -2.39. The molecule has 0 radical (unpaired) electrons. The van der Waals surface area contributed by atoms with Crippen LogP contribution in [0.25, 0.3) is 0 Å². The van der Waals surface area contributed by atoms with Crippen LogP contribution in [0.5, 0.6) is 0 Å². The lowest BCUT2D eigenvalue weighted by molar-refractivity contribution is -0.120. The van der Waals surface area contributed by atoms with Gasteiger partial charge in [-0.3, -0.25) is 4.79 Å². The van der Waals surface area contributed by atoms with E-state index >= 15 is 0 Å². The molecule has 2 heterocycles. The van der Waals surface area contributed by atoms with Crippen LogP contribution < -0.4 is 5.32 Å². The first-order valence-electron chi connectivity index (χ1n) is 6.13. The summed E-state index contributed by atoms with van der Waals surface area (Å²) in [7, 11) is 0. The number of carbonyl (C=O) groups is 1. The van der Waals surface area contributed by atoms with Crippen molar-refractivity contribution in [1.29, 1.82) is 0 Å². The van der Waals surface area contributed by atoms with Crippen molar-refractivity contribution in [2.75, 3.05) is 13.2 Å². The van der Waals surface area contributed by atoms with Crippen LogP contribution in [0.1, 0.15) is 44.9 Å². The van der Waals surface area contributed by atoms with Crippen LogP contribution >= 0.6 is 0 Å². The largest absolute Gasteiger partial charge is 0.375 e. The van der Waals surface area contributed by atoms with Gasteiger partial charge < -0.3 is 10.1 Å². The van der Waals surface area contributed by atoms with E-state index in [0.29, 0.717) is 0 Å². The lowest BCUT2D eigenvalue weighted by Gasteiger charge is -2.41. The van der Waals surface area contributed by atoms with E-state index in [2.05, 4.69) is 5.32 Å². The van der Waals surface area contributed by atoms with Crippen molar-refractivity contribution < 1.29 is 9.53 Å². The second-order valence-corrected chi connectivity index (χ2v) is 5.59. The summed E-state index contributed by atoms with van der Waals surface area (Å²) >= 11 is 0. The van der Waals surface area contributed by atoms with Gasteiger partial charge in [-0.25, -0.2) is 0 Å². The molecule has 0 aromatic carbocycles. The molecular weight excluding hydrogens is 190 g/mol. The fourth-order valence-electron chi connectivity index (χ4n) is 3.49. The molecule has 1 amide bonds. The van der Waals surface area contributed by atoms with Gasteiger partial charge in [-0.05, 0) is 43.9 Å². The Morgan fingerprint density at radius 2 is 1.93 bits per heavy atom. The molecule has 0 aromatic heterocycles. The van der Waals surface area contributed by atoms with E-state index < -0.39 is 0 Å². The van der Waals surface area contributed by atoms with Crippen LogP contribution in [-0.4, -0.2) is 24.7 Å². The minimum absolute atomic E-state index is 0.205. The predicted octanol–water partition coefficient (Wildman–Crippen LogP) is 1.62. The predicted molar refractivity (Wildman–Crippen MR) is 56.4 cm³/mol. The first-order chi connectivity index (χ1) is 7.22. The highest BCUT2D eigenvalue weighted by Crippen LogP contribution is 2.49. The van der Waals surface area contributed by atoms with Gasteiger partial charge in [-0.1, -0.05) is 0 Å². The molecule has 1 aliphatic carbocycles. The highest BCUT2D eigenvalue weighted by molar-refractivity contribution is 5.79. The standard InChI is InChI=1S/C12H19NO2/c14-10-8-11(9-13-10)3-5-12(6-4-11)2-1-7-15-12/h1-9H2,(H,13,14). The molecule has 1 N–H and O–H groups in total. The summed E-state index contributed by atoms with van der Waals surface area (Å²) in [5.41, 5.74) is 0.491. The van der Waals surface area contributed by atoms with Gasteiger partial charge in [0, 0.05) is 19.6 Å². The van der Waals surface area contributed by atoms with Crippen LogP contribution in [-0.2, 0) is 9.53 Å². The Morgan fingerprint density at radius 1 is 1.13 bits per heavy atom. The van der Waals surface area contributed by atoms with Crippen molar-refractivity contribution >= 4 is 5.91 Å². The van der Waals surface area contributed by atoms with Crippen molar-refractivity contribution in [3.63, 3.8) is 0 Å². The summed E-state index contributed by atoms with van der Waals surface area (Å²) in [5.74, 6) is 0.248. The molecule has 2 spiro atoms. The van der Waals surface area contributed by atoms with Gasteiger partial charge in [0.1, 0.15) is 0 Å². The molecule has 84 valence electrons. The molecule has 2 aliphatic heterocycles. The molecule has 0 aromatic rings. The Balaban J connectivity index is 1.67. The SMILES string of the molecule is O=C1CC2(CCC3(CCCO3)CC2)CN1. The molecule has 3 fully saturated rings. The summed E-state index contributed by atoms with van der Waals surface area (Å²) in [5, 5.41) is 2.98. The second kappa shape index (κ2) is 3.21. The summed E-state index contributed by atoms with van der Waals surface area (Å²) in [6.45, 7) is 1.85. The van der Waals surface area contributed by atoms with Gasteiger partial charge in [0.05, 0.1) is 5.60 Å². The lowest BCUT2D eigenvalue weighted by atomic mass is 9.67. The average molecular weight is 209 g/mol. The third-order valence-electron chi connectivity index (χ3n) is 4.60. The van der Waals surface area contributed by atoms with Gasteiger partial charge in [0.15, 0.2) is 0 Å². The second-order valence-electron chi connectivity index (χ2n) is 5.59. The van der Waals surface area contributed by atoms with Crippen LogP contribution in [0, 0.1) is 5.41 Å². The average Bonchev–Trinajstić information content (AvgIpc) is 2.81. The van der Waals surface area contributed by atoms with Crippen molar-refractivity contribution in [3.8, 4) is 0 Å². The molecular formula is C12H19NO2. The maximum Gasteiger partial charge on any atom is 0.220 e. The van der Waals surface area contributed by atoms with E-state index in [-0.39, 0.29) is 16.9 Å². The molecule has 3 heteroatoms. The topological polar surface area (TPSA) is 38.3 Å². The first kappa shape index (κ1) is 9.64. The zero-order valence-electron chi connectivity index (χ0n) is 9.18. The molecule has 1 saturated carbocycles. The van der Waals surface area contributed by atoms with E-state index in [0.717, 1.165) is 19.6 Å². The third-order valence-corrected chi connectivity index (χ3v) is 4.60. The summed E-state index contributed by atoms with van der Waals surface area (Å²) in [6, 6.07) is 0. The quantitative estimate of drug-likeness (QED) is 0.658. The Labute approximate surface area is 90.6 Å². The van der Waals surface area contributed by atoms with Crippen LogP contribution in [0.15, 0.2) is 0 Å². The monoisotopic (exact) mass is 209 g/mol. The van der Waals surface area contributed by atoms with E-state index in [9.17, 15) is 4.79 Å². The van der Waals surface area contributed by atoms with Gasteiger partial charge in [0.25, 0.3) is 0 Å². The van der Waals surface area contributed by atoms with Gasteiger partial charge in [0.2, 0.25) is 5.91 Å². The van der Waals surface area contributed by atoms with Crippen molar-refractivity contribution in [1.82, 2.24) is 5.32 Å². The fraction of sp³-hybridized carbons (Fsp3) is 0.917. The maximum atomic E-state index is 11.3. The summed E-state index contributed by atoms with van der Waals surface area (Å²) < 4.78 is 5.91. The highest BCUT2D eigenvalue weighted by atomic mass is 16.5. The molecule has 0 atom stereocenters. The van der Waals surface area contributed by atoms with E-state index in [1.807, 2.05) is 0 Å². The Bertz CT molecular complexity index is 271. The van der Waals surface area contributed by atoms with Crippen molar-refractivity contribution in [2.24, 2.45) is 5.41 Å². The number of rotatable bonds is 0. The first-order valence-corrected chi connectivity index (χ1v) is 6.13. The zero-order valence-corrected chi connectivity index (χ0v) is 9.18. The fourth-order valence-corrected chi connectivity index (χ4v) is 3.49. The van der Waals surface area contributed by atoms with E-state index in [1.54, 1.807) is 0 Å². The van der Waals surface area contributed by atoms with Gasteiger partial charge >= 0.3 is 0 Å². The minimum atomic E-state index is 0.205. The van der Waals surface area contributed by atoms with Crippen molar-refractivity contribution in [2.45, 2.75) is 50.5 Å². The van der Waals surface area contributed by atoms with Crippen molar-refractivity contribution in [3.05, 3.63) is 0 Å².